The summed E-state index contributed by atoms with van der Waals surface area (Å²) in [6.45, 7) is 3.26. The van der Waals surface area contributed by atoms with Gasteiger partial charge in [0.15, 0.2) is 0 Å². The van der Waals surface area contributed by atoms with Crippen LogP contribution in [0.15, 0.2) is 41.2 Å². The van der Waals surface area contributed by atoms with E-state index in [-0.39, 0.29) is 23.4 Å². The summed E-state index contributed by atoms with van der Waals surface area (Å²) in [4.78, 5) is 12.3. The first kappa shape index (κ1) is 21.7. The molecule has 0 spiro atoms. The van der Waals surface area contributed by atoms with Crippen molar-refractivity contribution < 1.29 is 22.6 Å². The second kappa shape index (κ2) is 8.39. The Morgan fingerprint density at radius 3 is 2.47 bits per heavy atom. The zero-order valence-electron chi connectivity index (χ0n) is 16.3. The van der Waals surface area contributed by atoms with Crippen LogP contribution in [-0.4, -0.2) is 25.9 Å². The fourth-order valence-corrected chi connectivity index (χ4v) is 2.89. The minimum Gasteiger partial charge on any atom is -0.491 e. The van der Waals surface area contributed by atoms with E-state index < -0.39 is 23.2 Å². The van der Waals surface area contributed by atoms with Gasteiger partial charge in [0.1, 0.15) is 18.1 Å². The molecule has 7 nitrogen and oxygen atoms in total. The molecule has 30 heavy (non-hydrogen) atoms. The van der Waals surface area contributed by atoms with Crippen molar-refractivity contribution in [1.29, 1.82) is 0 Å². The Kier molecular flexibility index (Phi) is 6.06. The predicted molar refractivity (Wildman–Crippen MR) is 103 cm³/mol. The van der Waals surface area contributed by atoms with Gasteiger partial charge in [0.2, 0.25) is 0 Å². The van der Waals surface area contributed by atoms with Gasteiger partial charge in [-0.3, -0.25) is 0 Å². The van der Waals surface area contributed by atoms with Gasteiger partial charge in [-0.15, -0.1) is 0 Å². The highest BCUT2D eigenvalue weighted by atomic mass is 35.5. The number of tetrazole rings is 1. The monoisotopic (exact) mass is 442 g/mol. The molecule has 0 aliphatic carbocycles. The zero-order valence-corrected chi connectivity index (χ0v) is 17.0. The molecule has 0 bridgehead atoms. The summed E-state index contributed by atoms with van der Waals surface area (Å²) in [5.74, 6) is -0.0950. The summed E-state index contributed by atoms with van der Waals surface area (Å²) in [7, 11) is 1.43. The topological polar surface area (TPSA) is 71.2 Å². The summed E-state index contributed by atoms with van der Waals surface area (Å²) < 4.78 is 53.3. The maximum Gasteiger partial charge on any atom is 0.419 e. The maximum atomic E-state index is 13.3. The van der Waals surface area contributed by atoms with Gasteiger partial charge in [-0.25, -0.2) is 4.79 Å². The third-order valence-corrected chi connectivity index (χ3v) is 4.28. The quantitative estimate of drug-likeness (QED) is 0.577. The van der Waals surface area contributed by atoms with Crippen LogP contribution in [-0.2, 0) is 19.8 Å². The average molecular weight is 443 g/mol. The van der Waals surface area contributed by atoms with Crippen molar-refractivity contribution in [2.75, 3.05) is 0 Å². The second-order valence-electron chi connectivity index (χ2n) is 6.64. The number of hydrogen-bond acceptors (Lipinski definition) is 5. The zero-order chi connectivity index (χ0) is 22.1. The summed E-state index contributed by atoms with van der Waals surface area (Å²) in [5, 5.41) is 7.56. The number of aromatic nitrogens is 4. The molecule has 1 aromatic heterocycles. The van der Waals surface area contributed by atoms with Gasteiger partial charge < -0.3 is 9.47 Å². The number of alkyl halides is 3. The minimum atomic E-state index is -4.63. The summed E-state index contributed by atoms with van der Waals surface area (Å²) in [6, 6.07) is 7.92. The molecule has 0 amide bonds. The third kappa shape index (κ3) is 4.59. The van der Waals surface area contributed by atoms with E-state index in [1.165, 1.54) is 7.05 Å². The Bertz CT molecular complexity index is 1110. The van der Waals surface area contributed by atoms with E-state index in [2.05, 4.69) is 10.4 Å². The molecule has 0 saturated carbocycles. The van der Waals surface area contributed by atoms with E-state index in [1.54, 1.807) is 32.0 Å². The fraction of sp³-hybridized carbons (Fsp3) is 0.316. The standard InChI is InChI=1S/C19H18ClF3N4O3/c1-11(2)30-16-6-4-5-15(27-18(28)26(3)24-25-27)13(16)10-29-17-9-12(20)7-8-14(17)19(21,22)23/h4-9,11H,10H2,1-3H3. The Labute approximate surface area is 174 Å². The smallest absolute Gasteiger partial charge is 0.419 e. The van der Waals surface area contributed by atoms with E-state index in [4.69, 9.17) is 21.1 Å². The van der Waals surface area contributed by atoms with E-state index in [9.17, 15) is 18.0 Å². The molecule has 0 aliphatic rings. The van der Waals surface area contributed by atoms with Gasteiger partial charge in [-0.2, -0.15) is 22.5 Å². The first-order valence-corrected chi connectivity index (χ1v) is 9.23. The molecular formula is C19H18ClF3N4O3. The highest BCUT2D eigenvalue weighted by Crippen LogP contribution is 2.38. The number of benzene rings is 2. The first-order chi connectivity index (χ1) is 14.1. The van der Waals surface area contributed by atoms with Gasteiger partial charge >= 0.3 is 11.9 Å². The van der Waals surface area contributed by atoms with Crippen LogP contribution in [0.5, 0.6) is 11.5 Å². The molecule has 0 radical (unpaired) electrons. The molecule has 0 aliphatic heterocycles. The van der Waals surface area contributed by atoms with Crippen LogP contribution < -0.4 is 15.2 Å². The fourth-order valence-electron chi connectivity index (χ4n) is 2.73. The molecule has 1 heterocycles. The van der Waals surface area contributed by atoms with Crippen LogP contribution in [0.2, 0.25) is 5.02 Å². The molecule has 0 unspecified atom stereocenters. The van der Waals surface area contributed by atoms with Gasteiger partial charge in [0.05, 0.1) is 22.9 Å². The third-order valence-electron chi connectivity index (χ3n) is 4.04. The van der Waals surface area contributed by atoms with E-state index in [1.807, 2.05) is 0 Å². The minimum absolute atomic E-state index is 0.0927. The van der Waals surface area contributed by atoms with Crippen molar-refractivity contribution in [3.63, 3.8) is 0 Å². The second-order valence-corrected chi connectivity index (χ2v) is 7.08. The number of halogens is 4. The SMILES string of the molecule is CC(C)Oc1cccc(-n2nnn(C)c2=O)c1COc1cc(Cl)ccc1C(F)(F)F. The molecule has 11 heteroatoms. The molecule has 160 valence electrons. The van der Waals surface area contributed by atoms with Gasteiger partial charge in [-0.1, -0.05) is 17.7 Å². The van der Waals surface area contributed by atoms with Crippen molar-refractivity contribution in [3.8, 4) is 17.2 Å². The van der Waals surface area contributed by atoms with Crippen molar-refractivity contribution in [2.24, 2.45) is 7.05 Å². The molecule has 0 N–H and O–H groups in total. The van der Waals surface area contributed by atoms with Crippen molar-refractivity contribution >= 4 is 11.6 Å². The van der Waals surface area contributed by atoms with Crippen LogP contribution in [0, 0.1) is 0 Å². The Balaban J connectivity index is 2.06. The Hall–Kier alpha value is -3.01. The van der Waals surface area contributed by atoms with Crippen molar-refractivity contribution in [3.05, 3.63) is 63.0 Å². The molecular weight excluding hydrogens is 425 g/mol. The first-order valence-electron chi connectivity index (χ1n) is 8.85. The largest absolute Gasteiger partial charge is 0.491 e. The van der Waals surface area contributed by atoms with Crippen molar-refractivity contribution in [1.82, 2.24) is 19.8 Å². The van der Waals surface area contributed by atoms with E-state index in [0.29, 0.717) is 11.3 Å². The van der Waals surface area contributed by atoms with Gasteiger partial charge in [0.25, 0.3) is 0 Å². The van der Waals surface area contributed by atoms with Crippen LogP contribution >= 0.6 is 11.6 Å². The number of nitrogens with zero attached hydrogens (tertiary/aromatic N) is 4. The Morgan fingerprint density at radius 2 is 1.87 bits per heavy atom. The highest BCUT2D eigenvalue weighted by molar-refractivity contribution is 6.30. The highest BCUT2D eigenvalue weighted by Gasteiger charge is 2.34. The molecule has 0 saturated heterocycles. The summed E-state index contributed by atoms with van der Waals surface area (Å²) >= 11 is 5.86. The average Bonchev–Trinajstić information content (AvgIpc) is 2.98. The lowest BCUT2D eigenvalue weighted by Gasteiger charge is -2.19. The maximum absolute atomic E-state index is 13.3. The number of hydrogen-bond donors (Lipinski definition) is 0. The van der Waals surface area contributed by atoms with E-state index in [0.717, 1.165) is 27.6 Å². The van der Waals surface area contributed by atoms with E-state index >= 15 is 0 Å². The van der Waals surface area contributed by atoms with Crippen LogP contribution in [0.4, 0.5) is 13.2 Å². The predicted octanol–water partition coefficient (Wildman–Crippen LogP) is 4.00. The van der Waals surface area contributed by atoms with Crippen LogP contribution in [0.1, 0.15) is 25.0 Å². The molecule has 0 fully saturated rings. The lowest BCUT2D eigenvalue weighted by atomic mass is 10.1. The normalized spacial score (nSPS) is 11.7. The number of rotatable bonds is 6. The molecule has 0 atom stereocenters. The Morgan fingerprint density at radius 1 is 1.13 bits per heavy atom. The van der Waals surface area contributed by atoms with Gasteiger partial charge in [0, 0.05) is 12.1 Å². The molecule has 3 aromatic rings. The number of ether oxygens (including phenoxy) is 2. The van der Waals surface area contributed by atoms with Gasteiger partial charge in [-0.05, 0) is 54.6 Å². The molecule has 2 aromatic carbocycles. The number of aryl methyl sites for hydroxylation is 1. The van der Waals surface area contributed by atoms with Crippen LogP contribution in [0.25, 0.3) is 5.69 Å². The van der Waals surface area contributed by atoms with Crippen LogP contribution in [0.3, 0.4) is 0 Å². The lowest BCUT2D eigenvalue weighted by Crippen LogP contribution is -2.23. The lowest BCUT2D eigenvalue weighted by molar-refractivity contribution is -0.139. The summed E-state index contributed by atoms with van der Waals surface area (Å²) in [5.41, 5.74) is -0.882. The van der Waals surface area contributed by atoms with Crippen molar-refractivity contribution in [2.45, 2.75) is 32.7 Å². The summed E-state index contributed by atoms with van der Waals surface area (Å²) in [6.07, 6.45) is -4.85. The molecule has 3 rings (SSSR count).